The molecule has 1 rings (SSSR count). The van der Waals surface area contributed by atoms with Gasteiger partial charge in [-0.05, 0) is 29.8 Å². The second-order valence-electron chi connectivity index (χ2n) is 2.61. The molecular formula is C7H13N5. The quantitative estimate of drug-likeness (QED) is 0.625. The minimum Gasteiger partial charge on any atom is -0.330 e. The van der Waals surface area contributed by atoms with Crippen LogP contribution in [-0.2, 0) is 6.54 Å². The standard InChI is InChI=1S/C7H13N5/c1-7(2-4-8)3-5-12-6-9-10-11-12/h6H,1-5,8H2. The number of nitrogens with zero attached hydrogens (tertiary/aromatic N) is 4. The number of nitrogens with two attached hydrogens (primary N) is 1. The fourth-order valence-electron chi connectivity index (χ4n) is 0.885. The summed E-state index contributed by atoms with van der Waals surface area (Å²) in [6.45, 7) is 5.33. The van der Waals surface area contributed by atoms with Gasteiger partial charge in [0.15, 0.2) is 0 Å². The molecule has 0 saturated heterocycles. The SMILES string of the molecule is C=C(CCN)CCn1cnnn1. The van der Waals surface area contributed by atoms with Crippen molar-refractivity contribution in [3.8, 4) is 0 Å². The summed E-state index contributed by atoms with van der Waals surface area (Å²) in [7, 11) is 0. The van der Waals surface area contributed by atoms with Gasteiger partial charge in [0.05, 0.1) is 0 Å². The molecule has 0 aliphatic carbocycles. The molecular weight excluding hydrogens is 154 g/mol. The smallest absolute Gasteiger partial charge is 0.138 e. The molecule has 0 aliphatic heterocycles. The van der Waals surface area contributed by atoms with E-state index in [1.165, 1.54) is 0 Å². The van der Waals surface area contributed by atoms with Gasteiger partial charge >= 0.3 is 0 Å². The maximum Gasteiger partial charge on any atom is 0.138 e. The van der Waals surface area contributed by atoms with Gasteiger partial charge in [-0.1, -0.05) is 12.2 Å². The molecule has 66 valence electrons. The zero-order valence-electron chi connectivity index (χ0n) is 6.98. The van der Waals surface area contributed by atoms with Crippen LogP contribution in [0.1, 0.15) is 12.8 Å². The Balaban J connectivity index is 2.22. The van der Waals surface area contributed by atoms with Crippen LogP contribution in [0.15, 0.2) is 18.5 Å². The molecule has 1 aromatic heterocycles. The molecule has 0 radical (unpaired) electrons. The van der Waals surface area contributed by atoms with E-state index in [1.807, 2.05) is 0 Å². The molecule has 0 fully saturated rings. The van der Waals surface area contributed by atoms with E-state index in [1.54, 1.807) is 11.0 Å². The topological polar surface area (TPSA) is 69.6 Å². The first-order chi connectivity index (χ1) is 5.83. The summed E-state index contributed by atoms with van der Waals surface area (Å²) in [5, 5.41) is 10.8. The van der Waals surface area contributed by atoms with Crippen LogP contribution < -0.4 is 5.73 Å². The van der Waals surface area contributed by atoms with Crippen molar-refractivity contribution in [1.29, 1.82) is 0 Å². The highest BCUT2D eigenvalue weighted by Gasteiger charge is 1.95. The maximum absolute atomic E-state index is 5.37. The molecule has 0 aliphatic rings. The normalized spacial score (nSPS) is 10.1. The van der Waals surface area contributed by atoms with E-state index in [-0.39, 0.29) is 0 Å². The fraction of sp³-hybridized carbons (Fsp3) is 0.571. The van der Waals surface area contributed by atoms with Crippen LogP contribution in [0.4, 0.5) is 0 Å². The van der Waals surface area contributed by atoms with Crippen molar-refractivity contribution in [2.75, 3.05) is 6.54 Å². The average Bonchev–Trinajstić information content (AvgIpc) is 2.53. The minimum absolute atomic E-state index is 0.661. The van der Waals surface area contributed by atoms with Crippen molar-refractivity contribution in [1.82, 2.24) is 20.2 Å². The molecule has 5 heteroatoms. The number of aryl methyl sites for hydroxylation is 1. The van der Waals surface area contributed by atoms with Crippen LogP contribution in [-0.4, -0.2) is 26.8 Å². The van der Waals surface area contributed by atoms with Crippen molar-refractivity contribution >= 4 is 0 Å². The van der Waals surface area contributed by atoms with Crippen molar-refractivity contribution in [2.45, 2.75) is 19.4 Å². The Morgan fingerprint density at radius 2 is 2.33 bits per heavy atom. The Kier molecular flexibility index (Phi) is 3.40. The Morgan fingerprint density at radius 3 is 2.92 bits per heavy atom. The average molecular weight is 167 g/mol. The largest absolute Gasteiger partial charge is 0.330 e. The molecule has 0 amide bonds. The Bertz CT molecular complexity index is 228. The van der Waals surface area contributed by atoms with Crippen LogP contribution in [0, 0.1) is 0 Å². The van der Waals surface area contributed by atoms with Crippen LogP contribution in [0.3, 0.4) is 0 Å². The Labute approximate surface area is 71.3 Å². The predicted octanol–water partition coefficient (Wildman–Crippen LogP) is -0.0318. The van der Waals surface area contributed by atoms with E-state index < -0.39 is 0 Å². The molecule has 12 heavy (non-hydrogen) atoms. The van der Waals surface area contributed by atoms with Gasteiger partial charge < -0.3 is 5.73 Å². The van der Waals surface area contributed by atoms with Crippen LogP contribution >= 0.6 is 0 Å². The van der Waals surface area contributed by atoms with Gasteiger partial charge in [0.2, 0.25) is 0 Å². The zero-order chi connectivity index (χ0) is 8.81. The van der Waals surface area contributed by atoms with Gasteiger partial charge in [-0.2, -0.15) is 0 Å². The van der Waals surface area contributed by atoms with Gasteiger partial charge in [-0.3, -0.25) is 0 Å². The molecule has 1 aromatic rings. The van der Waals surface area contributed by atoms with Crippen LogP contribution in [0.25, 0.3) is 0 Å². The van der Waals surface area contributed by atoms with Crippen molar-refractivity contribution in [2.24, 2.45) is 5.73 Å². The van der Waals surface area contributed by atoms with Crippen LogP contribution in [0.2, 0.25) is 0 Å². The number of aromatic nitrogens is 4. The third kappa shape index (κ3) is 2.79. The molecule has 0 spiro atoms. The first-order valence-electron chi connectivity index (χ1n) is 3.90. The molecule has 0 saturated carbocycles. The van der Waals surface area contributed by atoms with Crippen molar-refractivity contribution < 1.29 is 0 Å². The van der Waals surface area contributed by atoms with Crippen molar-refractivity contribution in [3.05, 3.63) is 18.5 Å². The maximum atomic E-state index is 5.37. The van der Waals surface area contributed by atoms with Gasteiger partial charge in [0, 0.05) is 6.54 Å². The summed E-state index contributed by atoms with van der Waals surface area (Å²) in [6.07, 6.45) is 3.36. The highest BCUT2D eigenvalue weighted by Crippen LogP contribution is 2.02. The van der Waals surface area contributed by atoms with Gasteiger partial charge in [0.25, 0.3) is 0 Å². The van der Waals surface area contributed by atoms with E-state index in [9.17, 15) is 0 Å². The van der Waals surface area contributed by atoms with Gasteiger partial charge in [0.1, 0.15) is 6.33 Å². The van der Waals surface area contributed by atoms with Gasteiger partial charge in [-0.25, -0.2) is 4.68 Å². The van der Waals surface area contributed by atoms with E-state index in [0.717, 1.165) is 25.0 Å². The zero-order valence-corrected chi connectivity index (χ0v) is 6.98. The highest BCUT2D eigenvalue weighted by atomic mass is 15.5. The molecule has 0 aromatic carbocycles. The molecule has 2 N–H and O–H groups in total. The van der Waals surface area contributed by atoms with E-state index in [4.69, 9.17) is 5.73 Å². The lowest BCUT2D eigenvalue weighted by Crippen LogP contribution is -2.04. The predicted molar refractivity (Wildman–Crippen MR) is 45.2 cm³/mol. The van der Waals surface area contributed by atoms with E-state index in [2.05, 4.69) is 22.1 Å². The van der Waals surface area contributed by atoms with E-state index >= 15 is 0 Å². The molecule has 5 nitrogen and oxygen atoms in total. The molecule has 0 unspecified atom stereocenters. The van der Waals surface area contributed by atoms with Crippen LogP contribution in [0.5, 0.6) is 0 Å². The van der Waals surface area contributed by atoms with E-state index in [0.29, 0.717) is 6.54 Å². The first-order valence-corrected chi connectivity index (χ1v) is 3.90. The second kappa shape index (κ2) is 4.61. The number of rotatable bonds is 5. The number of hydrogen-bond donors (Lipinski definition) is 1. The summed E-state index contributed by atoms with van der Waals surface area (Å²) >= 11 is 0. The lowest BCUT2D eigenvalue weighted by Gasteiger charge is -2.01. The lowest BCUT2D eigenvalue weighted by molar-refractivity contribution is 0.580. The highest BCUT2D eigenvalue weighted by molar-refractivity contribution is 4.93. The summed E-state index contributed by atoms with van der Waals surface area (Å²) in [5.41, 5.74) is 6.52. The summed E-state index contributed by atoms with van der Waals surface area (Å²) in [5.74, 6) is 0. The third-order valence-electron chi connectivity index (χ3n) is 1.58. The molecule has 0 atom stereocenters. The molecule has 0 bridgehead atoms. The number of hydrogen-bond acceptors (Lipinski definition) is 4. The van der Waals surface area contributed by atoms with Crippen molar-refractivity contribution in [3.63, 3.8) is 0 Å². The Hall–Kier alpha value is -1.23. The summed E-state index contributed by atoms with van der Waals surface area (Å²) in [4.78, 5) is 0. The third-order valence-corrected chi connectivity index (χ3v) is 1.58. The minimum atomic E-state index is 0.661. The monoisotopic (exact) mass is 167 g/mol. The Morgan fingerprint density at radius 1 is 1.50 bits per heavy atom. The number of tetrazole rings is 1. The first kappa shape index (κ1) is 8.86. The lowest BCUT2D eigenvalue weighted by atomic mass is 10.1. The fourth-order valence-corrected chi connectivity index (χ4v) is 0.885. The molecule has 1 heterocycles. The summed E-state index contributed by atoms with van der Waals surface area (Å²) < 4.78 is 1.68. The second-order valence-corrected chi connectivity index (χ2v) is 2.61. The van der Waals surface area contributed by atoms with Gasteiger partial charge in [-0.15, -0.1) is 5.10 Å². The summed E-state index contributed by atoms with van der Waals surface area (Å²) in [6, 6.07) is 0.